The number of rotatable bonds is 8. The average Bonchev–Trinajstić information content (AvgIpc) is 2.52. The number of amides is 1. The molecule has 0 bridgehead atoms. The summed E-state index contributed by atoms with van der Waals surface area (Å²) in [4.78, 5) is 25.2. The second-order valence-corrected chi connectivity index (χ2v) is 7.26. The molecule has 0 aliphatic heterocycles. The first-order chi connectivity index (χ1) is 11.3. The van der Waals surface area contributed by atoms with Crippen molar-refractivity contribution in [1.29, 1.82) is 0 Å². The lowest BCUT2D eigenvalue weighted by Crippen LogP contribution is -2.34. The van der Waals surface area contributed by atoms with Gasteiger partial charge in [-0.15, -0.1) is 0 Å². The SMILES string of the molecule is CCOC(=S)SC(CCC(C)=O)CN(C)C(=O)c1ccc(F)cc1. The van der Waals surface area contributed by atoms with Gasteiger partial charge in [-0.3, -0.25) is 4.79 Å². The summed E-state index contributed by atoms with van der Waals surface area (Å²) in [6.07, 6.45) is 1.03. The summed E-state index contributed by atoms with van der Waals surface area (Å²) < 4.78 is 18.7. The molecule has 0 saturated carbocycles. The maximum Gasteiger partial charge on any atom is 0.253 e. The van der Waals surface area contributed by atoms with Crippen molar-refractivity contribution in [3.63, 3.8) is 0 Å². The van der Waals surface area contributed by atoms with Crippen LogP contribution in [0.15, 0.2) is 24.3 Å². The van der Waals surface area contributed by atoms with E-state index in [-0.39, 0.29) is 22.8 Å². The Morgan fingerprint density at radius 1 is 1.33 bits per heavy atom. The van der Waals surface area contributed by atoms with E-state index in [9.17, 15) is 14.0 Å². The number of carbonyl (C=O) groups is 2. The molecule has 0 N–H and O–H groups in total. The van der Waals surface area contributed by atoms with Crippen molar-refractivity contribution in [2.75, 3.05) is 20.2 Å². The van der Waals surface area contributed by atoms with Crippen LogP contribution in [0.25, 0.3) is 0 Å². The Balaban J connectivity index is 2.71. The topological polar surface area (TPSA) is 46.6 Å². The monoisotopic (exact) mass is 371 g/mol. The molecule has 4 nitrogen and oxygen atoms in total. The minimum atomic E-state index is -0.383. The van der Waals surface area contributed by atoms with Gasteiger partial charge >= 0.3 is 0 Å². The number of hydrogen-bond donors (Lipinski definition) is 0. The minimum absolute atomic E-state index is 0.0395. The number of ketones is 1. The van der Waals surface area contributed by atoms with Gasteiger partial charge in [0.15, 0.2) is 0 Å². The fourth-order valence-corrected chi connectivity index (χ4v) is 3.56. The molecule has 1 aromatic carbocycles. The van der Waals surface area contributed by atoms with Crippen molar-refractivity contribution in [2.24, 2.45) is 0 Å². The summed E-state index contributed by atoms with van der Waals surface area (Å²) in [5.74, 6) is -0.493. The molecule has 0 aliphatic rings. The minimum Gasteiger partial charge on any atom is -0.479 e. The van der Waals surface area contributed by atoms with E-state index in [0.717, 1.165) is 0 Å². The highest BCUT2D eigenvalue weighted by Crippen LogP contribution is 2.21. The molecule has 1 aromatic rings. The molecule has 1 unspecified atom stereocenters. The van der Waals surface area contributed by atoms with E-state index in [1.54, 1.807) is 11.9 Å². The molecule has 1 rings (SSSR count). The van der Waals surface area contributed by atoms with Crippen molar-refractivity contribution < 1.29 is 18.7 Å². The first-order valence-electron chi connectivity index (χ1n) is 7.67. The van der Waals surface area contributed by atoms with Crippen molar-refractivity contribution >= 4 is 40.1 Å². The summed E-state index contributed by atoms with van der Waals surface area (Å²) in [5, 5.41) is -0.0395. The molecule has 132 valence electrons. The number of nitrogens with zero attached hydrogens (tertiary/aromatic N) is 1. The lowest BCUT2D eigenvalue weighted by Gasteiger charge is -2.24. The van der Waals surface area contributed by atoms with E-state index >= 15 is 0 Å². The Bertz CT molecular complexity index is 578. The van der Waals surface area contributed by atoms with Gasteiger partial charge in [0.25, 0.3) is 5.91 Å². The predicted octanol–water partition coefficient (Wildman–Crippen LogP) is 3.69. The van der Waals surface area contributed by atoms with Crippen LogP contribution in [-0.4, -0.2) is 46.4 Å². The molecule has 0 fully saturated rings. The summed E-state index contributed by atoms with van der Waals surface area (Å²) >= 11 is 6.50. The van der Waals surface area contributed by atoms with Gasteiger partial charge in [-0.2, -0.15) is 0 Å². The van der Waals surface area contributed by atoms with Crippen LogP contribution < -0.4 is 0 Å². The number of thioether (sulfide) groups is 1. The van der Waals surface area contributed by atoms with E-state index in [4.69, 9.17) is 17.0 Å². The molecule has 0 saturated heterocycles. The third-order valence-electron chi connectivity index (χ3n) is 3.26. The number of carbonyl (C=O) groups excluding carboxylic acids is 2. The summed E-state index contributed by atoms with van der Waals surface area (Å²) in [6.45, 7) is 4.29. The molecule has 7 heteroatoms. The standard InChI is InChI=1S/C17H22FNO3S2/c1-4-22-17(23)24-15(10-5-12(2)20)11-19(3)16(21)13-6-8-14(18)9-7-13/h6-9,15H,4-5,10-11H2,1-3H3. The fourth-order valence-electron chi connectivity index (χ4n) is 2.04. The van der Waals surface area contributed by atoms with Crippen LogP contribution in [0.1, 0.15) is 37.0 Å². The second kappa shape index (κ2) is 10.4. The van der Waals surface area contributed by atoms with Crippen molar-refractivity contribution in [2.45, 2.75) is 31.9 Å². The zero-order valence-electron chi connectivity index (χ0n) is 14.1. The number of thiocarbonyl (C=S) groups is 1. The van der Waals surface area contributed by atoms with Crippen molar-refractivity contribution in [3.8, 4) is 0 Å². The third kappa shape index (κ3) is 7.40. The lowest BCUT2D eigenvalue weighted by atomic mass is 10.1. The average molecular weight is 371 g/mol. The summed E-state index contributed by atoms with van der Waals surface area (Å²) in [6, 6.07) is 5.42. The maximum absolute atomic E-state index is 13.0. The van der Waals surface area contributed by atoms with E-state index in [1.165, 1.54) is 43.0 Å². The van der Waals surface area contributed by atoms with Crippen LogP contribution in [0.5, 0.6) is 0 Å². The highest BCUT2D eigenvalue weighted by Gasteiger charge is 2.20. The van der Waals surface area contributed by atoms with Gasteiger partial charge in [-0.1, -0.05) is 11.8 Å². The highest BCUT2D eigenvalue weighted by molar-refractivity contribution is 8.23. The van der Waals surface area contributed by atoms with Crippen LogP contribution in [-0.2, 0) is 9.53 Å². The molecule has 1 amide bonds. The summed E-state index contributed by atoms with van der Waals surface area (Å²) in [7, 11) is 1.68. The van der Waals surface area contributed by atoms with E-state index < -0.39 is 0 Å². The predicted molar refractivity (Wildman–Crippen MR) is 98.9 cm³/mol. The Morgan fingerprint density at radius 2 is 1.96 bits per heavy atom. The normalized spacial score (nSPS) is 11.7. The molecule has 0 aliphatic carbocycles. The fraction of sp³-hybridized carbons (Fsp3) is 0.471. The molecule has 0 radical (unpaired) electrons. The van der Waals surface area contributed by atoms with Crippen LogP contribution >= 0.6 is 24.0 Å². The number of Topliss-reactive ketones (excluding diaryl/α,β-unsaturated/α-hetero) is 1. The van der Waals surface area contributed by atoms with Gasteiger partial charge in [-0.05, 0) is 56.8 Å². The van der Waals surface area contributed by atoms with Gasteiger partial charge in [0, 0.05) is 30.8 Å². The van der Waals surface area contributed by atoms with Gasteiger partial charge < -0.3 is 14.4 Å². The molecule has 0 aromatic heterocycles. The number of benzene rings is 1. The number of halogens is 1. The quantitative estimate of drug-likeness (QED) is 0.652. The zero-order chi connectivity index (χ0) is 18.1. The lowest BCUT2D eigenvalue weighted by molar-refractivity contribution is -0.117. The van der Waals surface area contributed by atoms with Crippen LogP contribution in [0.3, 0.4) is 0 Å². The van der Waals surface area contributed by atoms with Crippen LogP contribution in [0.2, 0.25) is 0 Å². The van der Waals surface area contributed by atoms with Gasteiger partial charge in [0.1, 0.15) is 11.6 Å². The first-order valence-corrected chi connectivity index (χ1v) is 8.96. The Morgan fingerprint density at radius 3 is 2.50 bits per heavy atom. The second-order valence-electron chi connectivity index (χ2n) is 5.36. The summed E-state index contributed by atoms with van der Waals surface area (Å²) in [5.41, 5.74) is 0.418. The van der Waals surface area contributed by atoms with E-state index in [0.29, 0.717) is 35.9 Å². The molecule has 1 atom stereocenters. The molecule has 0 heterocycles. The van der Waals surface area contributed by atoms with Gasteiger partial charge in [0.2, 0.25) is 4.38 Å². The van der Waals surface area contributed by atoms with Crippen molar-refractivity contribution in [3.05, 3.63) is 35.6 Å². The molecular weight excluding hydrogens is 349 g/mol. The van der Waals surface area contributed by atoms with E-state index in [2.05, 4.69) is 0 Å². The smallest absolute Gasteiger partial charge is 0.253 e. The third-order valence-corrected chi connectivity index (χ3v) is 4.69. The largest absolute Gasteiger partial charge is 0.479 e. The Kier molecular flexibility index (Phi) is 8.92. The Hall–Kier alpha value is -1.47. The van der Waals surface area contributed by atoms with E-state index in [1.807, 2.05) is 6.92 Å². The van der Waals surface area contributed by atoms with Crippen molar-refractivity contribution in [1.82, 2.24) is 4.90 Å². The van der Waals surface area contributed by atoms with Gasteiger partial charge in [0.05, 0.1) is 6.61 Å². The highest BCUT2D eigenvalue weighted by atomic mass is 32.2. The molecular formula is C17H22FNO3S2. The van der Waals surface area contributed by atoms with Crippen LogP contribution in [0.4, 0.5) is 4.39 Å². The molecule has 0 spiro atoms. The number of hydrogen-bond acceptors (Lipinski definition) is 5. The first kappa shape index (κ1) is 20.6. The number of ether oxygens (including phenoxy) is 1. The Labute approximate surface area is 151 Å². The zero-order valence-corrected chi connectivity index (χ0v) is 15.7. The van der Waals surface area contributed by atoms with Gasteiger partial charge in [-0.25, -0.2) is 4.39 Å². The van der Waals surface area contributed by atoms with Crippen LogP contribution in [0, 0.1) is 5.82 Å². The molecule has 24 heavy (non-hydrogen) atoms. The maximum atomic E-state index is 13.0.